The molecule has 0 saturated heterocycles. The Kier molecular flexibility index (Phi) is 5.05. The Hall–Kier alpha value is -2.21. The number of ether oxygens (including phenoxy) is 1. The van der Waals surface area contributed by atoms with Gasteiger partial charge in [0.15, 0.2) is 0 Å². The summed E-state index contributed by atoms with van der Waals surface area (Å²) in [5.41, 5.74) is 8.31. The second-order valence-electron chi connectivity index (χ2n) is 4.78. The van der Waals surface area contributed by atoms with Gasteiger partial charge in [-0.05, 0) is 38.9 Å². The Balaban J connectivity index is 2.38. The van der Waals surface area contributed by atoms with Gasteiger partial charge in [-0.3, -0.25) is 0 Å². The Morgan fingerprint density at radius 3 is 2.67 bits per heavy atom. The minimum Gasteiger partial charge on any atom is -0.497 e. The SMILES string of the molecule is COc1cccc(N(CCCN)c2nnc(C)c(C)n2)c1. The number of aromatic nitrogens is 3. The van der Waals surface area contributed by atoms with E-state index in [2.05, 4.69) is 15.2 Å². The second-order valence-corrected chi connectivity index (χ2v) is 4.78. The molecule has 2 N–H and O–H groups in total. The van der Waals surface area contributed by atoms with Gasteiger partial charge in [0.05, 0.1) is 18.5 Å². The minimum absolute atomic E-state index is 0.583. The van der Waals surface area contributed by atoms with Crippen LogP contribution in [0.4, 0.5) is 11.6 Å². The number of benzene rings is 1. The van der Waals surface area contributed by atoms with E-state index in [0.717, 1.165) is 35.8 Å². The first-order valence-corrected chi connectivity index (χ1v) is 6.95. The van der Waals surface area contributed by atoms with Gasteiger partial charge < -0.3 is 15.4 Å². The molecular weight excluding hydrogens is 266 g/mol. The van der Waals surface area contributed by atoms with Crippen molar-refractivity contribution in [2.24, 2.45) is 5.73 Å². The summed E-state index contributed by atoms with van der Waals surface area (Å²) in [5.74, 6) is 1.38. The third-order valence-corrected chi connectivity index (χ3v) is 3.27. The van der Waals surface area contributed by atoms with Crippen LogP contribution in [0.3, 0.4) is 0 Å². The Bertz CT molecular complexity index is 602. The summed E-state index contributed by atoms with van der Waals surface area (Å²) in [5, 5.41) is 8.37. The topological polar surface area (TPSA) is 77.2 Å². The van der Waals surface area contributed by atoms with E-state index in [-0.39, 0.29) is 0 Å². The van der Waals surface area contributed by atoms with Crippen LogP contribution in [-0.2, 0) is 0 Å². The fraction of sp³-hybridized carbons (Fsp3) is 0.400. The molecule has 2 aromatic rings. The molecule has 21 heavy (non-hydrogen) atoms. The summed E-state index contributed by atoms with van der Waals surface area (Å²) >= 11 is 0. The number of hydrogen-bond donors (Lipinski definition) is 1. The Morgan fingerprint density at radius 2 is 2.00 bits per heavy atom. The molecule has 0 aliphatic heterocycles. The van der Waals surface area contributed by atoms with Gasteiger partial charge >= 0.3 is 0 Å². The standard InChI is InChI=1S/C15H21N5O/c1-11-12(2)18-19-15(17-11)20(9-5-8-16)13-6-4-7-14(10-13)21-3/h4,6-7,10H,5,8-9,16H2,1-3H3. The zero-order valence-corrected chi connectivity index (χ0v) is 12.7. The number of nitrogens with two attached hydrogens (primary N) is 1. The van der Waals surface area contributed by atoms with Crippen LogP contribution < -0.4 is 15.4 Å². The van der Waals surface area contributed by atoms with Gasteiger partial charge in [0.25, 0.3) is 0 Å². The first-order chi connectivity index (χ1) is 10.2. The lowest BCUT2D eigenvalue weighted by Gasteiger charge is -2.23. The van der Waals surface area contributed by atoms with Crippen molar-refractivity contribution in [1.82, 2.24) is 15.2 Å². The number of aryl methyl sites for hydroxylation is 2. The predicted octanol–water partition coefficient (Wildman–Crippen LogP) is 1.98. The highest BCUT2D eigenvalue weighted by Gasteiger charge is 2.14. The molecular formula is C15H21N5O. The Labute approximate surface area is 125 Å². The summed E-state index contributed by atoms with van der Waals surface area (Å²) in [7, 11) is 1.65. The van der Waals surface area contributed by atoms with E-state index in [0.29, 0.717) is 12.5 Å². The van der Waals surface area contributed by atoms with Gasteiger partial charge in [-0.15, -0.1) is 5.10 Å². The highest BCUT2D eigenvalue weighted by molar-refractivity contribution is 5.59. The molecule has 0 spiro atoms. The average Bonchev–Trinajstić information content (AvgIpc) is 2.51. The molecule has 2 rings (SSSR count). The van der Waals surface area contributed by atoms with Gasteiger partial charge in [0, 0.05) is 18.3 Å². The lowest BCUT2D eigenvalue weighted by molar-refractivity contribution is 0.415. The summed E-state index contributed by atoms with van der Waals surface area (Å²) in [6.45, 7) is 5.17. The highest BCUT2D eigenvalue weighted by atomic mass is 16.5. The molecule has 0 aliphatic rings. The maximum absolute atomic E-state index is 5.64. The van der Waals surface area contributed by atoms with E-state index in [4.69, 9.17) is 10.5 Å². The van der Waals surface area contributed by atoms with Crippen molar-refractivity contribution >= 4 is 11.6 Å². The summed E-state index contributed by atoms with van der Waals surface area (Å²) in [4.78, 5) is 6.54. The van der Waals surface area contributed by atoms with Crippen molar-refractivity contribution < 1.29 is 4.74 Å². The van der Waals surface area contributed by atoms with Crippen molar-refractivity contribution in [2.75, 3.05) is 25.1 Å². The normalized spacial score (nSPS) is 10.5. The van der Waals surface area contributed by atoms with E-state index in [9.17, 15) is 0 Å². The zero-order valence-electron chi connectivity index (χ0n) is 12.7. The van der Waals surface area contributed by atoms with Gasteiger partial charge in [0.1, 0.15) is 5.75 Å². The lowest BCUT2D eigenvalue weighted by atomic mass is 10.2. The van der Waals surface area contributed by atoms with Crippen molar-refractivity contribution in [3.63, 3.8) is 0 Å². The van der Waals surface area contributed by atoms with Crippen LogP contribution >= 0.6 is 0 Å². The predicted molar refractivity (Wildman–Crippen MR) is 83.0 cm³/mol. The van der Waals surface area contributed by atoms with E-state index in [1.165, 1.54) is 0 Å². The molecule has 0 unspecified atom stereocenters. The molecule has 1 aromatic heterocycles. The van der Waals surface area contributed by atoms with Gasteiger partial charge in [-0.1, -0.05) is 6.07 Å². The maximum atomic E-state index is 5.64. The molecule has 0 saturated carbocycles. The third-order valence-electron chi connectivity index (χ3n) is 3.27. The molecule has 6 heteroatoms. The van der Waals surface area contributed by atoms with E-state index in [1.54, 1.807) is 7.11 Å². The largest absolute Gasteiger partial charge is 0.497 e. The second kappa shape index (κ2) is 6.99. The van der Waals surface area contributed by atoms with Crippen LogP contribution in [0, 0.1) is 13.8 Å². The lowest BCUT2D eigenvalue weighted by Crippen LogP contribution is -2.24. The molecule has 1 heterocycles. The molecule has 1 aromatic carbocycles. The van der Waals surface area contributed by atoms with Crippen molar-refractivity contribution in [1.29, 1.82) is 0 Å². The number of hydrogen-bond acceptors (Lipinski definition) is 6. The fourth-order valence-corrected chi connectivity index (χ4v) is 1.93. The molecule has 6 nitrogen and oxygen atoms in total. The van der Waals surface area contributed by atoms with Crippen molar-refractivity contribution in [3.8, 4) is 5.75 Å². The van der Waals surface area contributed by atoms with Gasteiger partial charge in [-0.25, -0.2) is 4.98 Å². The van der Waals surface area contributed by atoms with Crippen LogP contribution in [0.1, 0.15) is 17.8 Å². The van der Waals surface area contributed by atoms with Gasteiger partial charge in [0.2, 0.25) is 5.95 Å². The smallest absolute Gasteiger partial charge is 0.250 e. The summed E-state index contributed by atoms with van der Waals surface area (Å²) < 4.78 is 5.28. The molecule has 0 radical (unpaired) electrons. The van der Waals surface area contributed by atoms with E-state index in [1.807, 2.05) is 43.0 Å². The van der Waals surface area contributed by atoms with Crippen LogP contribution in [0.5, 0.6) is 5.75 Å². The molecule has 0 amide bonds. The van der Waals surface area contributed by atoms with Crippen molar-refractivity contribution in [3.05, 3.63) is 35.7 Å². The van der Waals surface area contributed by atoms with Crippen LogP contribution in [0.25, 0.3) is 0 Å². The number of methoxy groups -OCH3 is 1. The molecule has 0 aliphatic carbocycles. The molecule has 0 bridgehead atoms. The van der Waals surface area contributed by atoms with E-state index >= 15 is 0 Å². The van der Waals surface area contributed by atoms with Gasteiger partial charge in [-0.2, -0.15) is 5.10 Å². The first-order valence-electron chi connectivity index (χ1n) is 6.95. The molecule has 0 fully saturated rings. The van der Waals surface area contributed by atoms with Crippen LogP contribution in [0.15, 0.2) is 24.3 Å². The highest BCUT2D eigenvalue weighted by Crippen LogP contribution is 2.26. The average molecular weight is 287 g/mol. The number of rotatable bonds is 6. The Morgan fingerprint density at radius 1 is 1.19 bits per heavy atom. The molecule has 112 valence electrons. The third kappa shape index (κ3) is 3.66. The first kappa shape index (κ1) is 15.2. The summed E-state index contributed by atoms with van der Waals surface area (Å²) in [6.07, 6.45) is 0.841. The van der Waals surface area contributed by atoms with E-state index < -0.39 is 0 Å². The molecule has 0 atom stereocenters. The number of nitrogens with zero attached hydrogens (tertiary/aromatic N) is 4. The van der Waals surface area contributed by atoms with Crippen molar-refractivity contribution in [2.45, 2.75) is 20.3 Å². The quantitative estimate of drug-likeness (QED) is 0.875. The van der Waals surface area contributed by atoms with Crippen LogP contribution in [0.2, 0.25) is 0 Å². The monoisotopic (exact) mass is 287 g/mol. The number of anilines is 2. The zero-order chi connectivity index (χ0) is 15.2. The van der Waals surface area contributed by atoms with Crippen LogP contribution in [-0.4, -0.2) is 35.4 Å². The fourth-order valence-electron chi connectivity index (χ4n) is 1.93. The minimum atomic E-state index is 0.583. The summed E-state index contributed by atoms with van der Waals surface area (Å²) in [6, 6.07) is 7.80. The maximum Gasteiger partial charge on any atom is 0.250 e.